The van der Waals surface area contributed by atoms with Crippen LogP contribution in [0.2, 0.25) is 0 Å². The van der Waals surface area contributed by atoms with E-state index in [4.69, 9.17) is 16.6 Å². The summed E-state index contributed by atoms with van der Waals surface area (Å²) in [4.78, 5) is 114. The minimum Gasteiger partial charge on any atom is -0.481 e. The number of carboxylic acids is 1. The number of fused-ring (bicyclic) bond motifs is 1. The number of aliphatic hydroxyl groups excluding tert-OH is 1. The third-order valence-electron chi connectivity index (χ3n) is 13.7. The zero-order valence-corrected chi connectivity index (χ0v) is 45.6. The zero-order chi connectivity index (χ0) is 59.0. The van der Waals surface area contributed by atoms with E-state index in [1.807, 2.05) is 48.5 Å². The normalized spacial score (nSPS) is 14.5. The number of para-hydroxylation sites is 1. The molecule has 14 N–H and O–H groups in total. The van der Waals surface area contributed by atoms with Crippen molar-refractivity contribution in [3.63, 3.8) is 0 Å². The molecular weight excluding hydrogens is 1050 g/mol. The molecule has 6 rings (SSSR count). The molecule has 434 valence electrons. The Hall–Kier alpha value is -8.79. The first-order valence-electron chi connectivity index (χ1n) is 27.3. The number of rotatable bonds is 32. The lowest BCUT2D eigenvalue weighted by molar-refractivity contribution is -0.137. The predicted molar refractivity (Wildman–Crippen MR) is 307 cm³/mol. The number of benzene rings is 5. The molecule has 21 heteroatoms. The van der Waals surface area contributed by atoms with Crippen LogP contribution in [0.5, 0.6) is 0 Å². The van der Waals surface area contributed by atoms with Crippen molar-refractivity contribution in [1.29, 1.82) is 0 Å². The number of aliphatic hydroxyl groups is 1. The topological polar surface area (TPSA) is 329 Å². The van der Waals surface area contributed by atoms with Gasteiger partial charge in [0.15, 0.2) is 0 Å². The van der Waals surface area contributed by atoms with E-state index in [2.05, 4.69) is 42.2 Å². The number of alkyl halides is 1. The summed E-state index contributed by atoms with van der Waals surface area (Å²) < 4.78 is 15.0. The smallest absolute Gasteiger partial charge is 0.303 e. The van der Waals surface area contributed by atoms with Crippen LogP contribution in [0.3, 0.4) is 0 Å². The van der Waals surface area contributed by atoms with Crippen LogP contribution in [0, 0.1) is 0 Å². The molecular formula is C61H73FN10O10. The summed E-state index contributed by atoms with van der Waals surface area (Å²) in [6.45, 7) is 0.797. The molecule has 0 saturated carbocycles. The summed E-state index contributed by atoms with van der Waals surface area (Å²) >= 11 is 0. The third-order valence-corrected chi connectivity index (χ3v) is 13.7. The molecule has 0 aliphatic rings. The van der Waals surface area contributed by atoms with Crippen LogP contribution in [0.1, 0.15) is 60.4 Å². The molecule has 0 spiro atoms. The van der Waals surface area contributed by atoms with E-state index in [-0.39, 0.29) is 64.3 Å². The molecule has 0 radical (unpaired) electrons. The van der Waals surface area contributed by atoms with Gasteiger partial charge in [0.1, 0.15) is 42.4 Å². The quantitative estimate of drug-likeness (QED) is 0.0271. The van der Waals surface area contributed by atoms with Gasteiger partial charge in [-0.1, -0.05) is 140 Å². The van der Waals surface area contributed by atoms with Crippen LogP contribution < -0.4 is 48.7 Å². The number of aromatic amines is 1. The molecule has 9 atom stereocenters. The van der Waals surface area contributed by atoms with E-state index in [0.717, 1.165) is 16.5 Å². The first-order chi connectivity index (χ1) is 39.5. The number of carboxylic acid groups (broad SMARTS) is 1. The molecule has 20 nitrogen and oxygen atoms in total. The van der Waals surface area contributed by atoms with Crippen LogP contribution >= 0.6 is 0 Å². The molecule has 0 aliphatic heterocycles. The average molecular weight is 1130 g/mol. The van der Waals surface area contributed by atoms with Gasteiger partial charge in [0.05, 0.1) is 12.1 Å². The van der Waals surface area contributed by atoms with E-state index >= 15 is 0 Å². The number of carbonyl (C=O) groups excluding carboxylic acids is 7. The van der Waals surface area contributed by atoms with Crippen LogP contribution in [-0.2, 0) is 70.5 Å². The molecule has 1 unspecified atom stereocenters. The highest BCUT2D eigenvalue weighted by Crippen LogP contribution is 2.20. The van der Waals surface area contributed by atoms with Gasteiger partial charge < -0.3 is 63.9 Å². The van der Waals surface area contributed by atoms with Crippen molar-refractivity contribution in [3.8, 4) is 0 Å². The number of nitrogens with one attached hydrogen (secondary N) is 8. The number of aliphatic carboxylic acids is 1. The molecule has 1 heterocycles. The number of halogens is 1. The van der Waals surface area contributed by atoms with Crippen LogP contribution in [0.4, 0.5) is 4.39 Å². The van der Waals surface area contributed by atoms with Gasteiger partial charge in [-0.2, -0.15) is 0 Å². The second-order valence-electron chi connectivity index (χ2n) is 20.2. The fourth-order valence-electron chi connectivity index (χ4n) is 9.19. The zero-order valence-electron chi connectivity index (χ0n) is 45.6. The molecule has 0 bridgehead atoms. The maximum absolute atomic E-state index is 15.0. The monoisotopic (exact) mass is 1120 g/mol. The Kier molecular flexibility index (Phi) is 24.2. The summed E-state index contributed by atoms with van der Waals surface area (Å²) in [7, 11) is 0. The van der Waals surface area contributed by atoms with Gasteiger partial charge >= 0.3 is 5.97 Å². The van der Waals surface area contributed by atoms with E-state index in [0.29, 0.717) is 22.3 Å². The predicted octanol–water partition coefficient (Wildman–Crippen LogP) is 2.36. The molecule has 0 saturated heterocycles. The number of hydrogen-bond acceptors (Lipinski definition) is 11. The SMILES string of the molecule is C[C@@H](O)[C@H](NC(=O)[C@H](CCC(F)CN)NC(=O)[C@@H](Cc1c[nH]c2ccccc12)NC(=O)[C@H](Cc1ccccc1)NC(=O)[C@@H](N)Cc1ccccc1)C(=O)N[C@@H](Cc1ccccc1)C(=O)N[C@@H](Cc1ccccc1)C(=O)NCCCC(=O)O. The van der Waals surface area contributed by atoms with E-state index < -0.39 is 108 Å². The number of amides is 7. The molecule has 82 heavy (non-hydrogen) atoms. The molecule has 6 aromatic rings. The lowest BCUT2D eigenvalue weighted by atomic mass is 10.00. The summed E-state index contributed by atoms with van der Waals surface area (Å²) in [5, 5.41) is 39.7. The van der Waals surface area contributed by atoms with E-state index in [1.54, 1.807) is 103 Å². The number of nitrogens with two attached hydrogens (primary N) is 2. The molecule has 0 fully saturated rings. The molecule has 0 aliphatic carbocycles. The Morgan fingerprint density at radius 3 is 1.41 bits per heavy atom. The second-order valence-corrected chi connectivity index (χ2v) is 20.2. The van der Waals surface area contributed by atoms with Gasteiger partial charge in [0.25, 0.3) is 0 Å². The Morgan fingerprint density at radius 2 is 0.927 bits per heavy atom. The van der Waals surface area contributed by atoms with Crippen molar-refractivity contribution in [3.05, 3.63) is 180 Å². The van der Waals surface area contributed by atoms with E-state index in [1.165, 1.54) is 6.92 Å². The number of hydrogen-bond donors (Lipinski definition) is 12. The van der Waals surface area contributed by atoms with E-state index in [9.17, 15) is 47.9 Å². The standard InChI is InChI=1S/C61H73FN10O10/c1-38(73)54(61(82)71-51(34-42-23-12-5-13-24-42)59(80)69-49(32-40-19-8-3-9-20-40)56(77)65-30-16-27-53(74)75)72-57(78)48(29-28-44(62)36-63)67-60(81)52(35-43-37-66-47-26-15-14-25-45(43)47)70-58(79)50(33-41-21-10-4-11-22-41)68-55(76)46(64)31-39-17-6-2-7-18-39/h2-15,17-26,37-38,44,46,48-52,54,66,73H,16,27-36,63-64H2,1H3,(H,65,77)(H,67,81)(H,68,76)(H,69,80)(H,70,79)(H,71,82)(H,72,78)(H,74,75)/t38-,44?,46+,48+,49+,50+,51+,52-,54+/m1/s1. The van der Waals surface area contributed by atoms with Crippen molar-refractivity contribution in [2.45, 2.75) is 119 Å². The Labute approximate surface area is 475 Å². The average Bonchev–Trinajstić information content (AvgIpc) is 3.95. The van der Waals surface area contributed by atoms with Crippen LogP contribution in [0.15, 0.2) is 152 Å². The van der Waals surface area contributed by atoms with Crippen molar-refractivity contribution >= 4 is 58.2 Å². The second kappa shape index (κ2) is 31.9. The first-order valence-corrected chi connectivity index (χ1v) is 27.3. The van der Waals surface area contributed by atoms with Crippen molar-refractivity contribution in [2.75, 3.05) is 13.1 Å². The molecule has 7 amide bonds. The first kappa shape index (κ1) is 62.4. The maximum Gasteiger partial charge on any atom is 0.303 e. The minimum atomic E-state index is -1.79. The van der Waals surface area contributed by atoms with Gasteiger partial charge in [0, 0.05) is 62.3 Å². The Bertz CT molecular complexity index is 3040. The highest BCUT2D eigenvalue weighted by molar-refractivity contribution is 5.98. The lowest BCUT2D eigenvalue weighted by Crippen LogP contribution is -2.62. The Balaban J connectivity index is 1.25. The fourth-order valence-corrected chi connectivity index (χ4v) is 9.19. The van der Waals surface area contributed by atoms with Crippen LogP contribution in [0.25, 0.3) is 10.9 Å². The van der Waals surface area contributed by atoms with Crippen molar-refractivity contribution in [1.82, 2.24) is 42.2 Å². The molecule has 5 aromatic carbocycles. The number of carbonyl (C=O) groups is 8. The largest absolute Gasteiger partial charge is 0.481 e. The highest BCUT2D eigenvalue weighted by Gasteiger charge is 2.36. The van der Waals surface area contributed by atoms with Gasteiger partial charge in [-0.25, -0.2) is 4.39 Å². The summed E-state index contributed by atoms with van der Waals surface area (Å²) in [5.74, 6) is -6.83. The third kappa shape index (κ3) is 19.8. The van der Waals surface area contributed by atoms with Crippen LogP contribution in [-0.4, -0.2) is 130 Å². The van der Waals surface area contributed by atoms with Gasteiger partial charge in [-0.3, -0.25) is 38.4 Å². The van der Waals surface area contributed by atoms with Crippen molar-refractivity contribution in [2.24, 2.45) is 11.5 Å². The Morgan fingerprint density at radius 1 is 0.512 bits per heavy atom. The summed E-state index contributed by atoms with van der Waals surface area (Å²) in [6.07, 6.45) is -2.46. The number of aromatic nitrogens is 1. The summed E-state index contributed by atoms with van der Waals surface area (Å²) in [5.41, 5.74) is 16.1. The van der Waals surface area contributed by atoms with Gasteiger partial charge in [-0.15, -0.1) is 0 Å². The number of H-pyrrole nitrogens is 1. The minimum absolute atomic E-state index is 0.00362. The highest BCUT2D eigenvalue weighted by atomic mass is 19.1. The molecule has 1 aromatic heterocycles. The summed E-state index contributed by atoms with van der Waals surface area (Å²) in [6, 6.07) is 32.9. The van der Waals surface area contributed by atoms with Gasteiger partial charge in [-0.05, 0) is 66.5 Å². The lowest BCUT2D eigenvalue weighted by Gasteiger charge is -2.29. The fraction of sp³-hybridized carbons (Fsp3) is 0.344. The van der Waals surface area contributed by atoms with Crippen molar-refractivity contribution < 1.29 is 53.0 Å². The van der Waals surface area contributed by atoms with Gasteiger partial charge in [0.2, 0.25) is 41.4 Å². The maximum atomic E-state index is 15.0.